The Balaban J connectivity index is 0.843. The molecule has 0 aromatic heterocycles. The molecular formula is C96H121N3O35. The van der Waals surface area contributed by atoms with E-state index in [0.29, 0.717) is 58.2 Å². The van der Waals surface area contributed by atoms with Gasteiger partial charge in [-0.3, -0.25) is 0 Å². The van der Waals surface area contributed by atoms with Crippen molar-refractivity contribution in [1.29, 1.82) is 0 Å². The van der Waals surface area contributed by atoms with Gasteiger partial charge in [0.1, 0.15) is 171 Å². The third kappa shape index (κ3) is 25.4. The summed E-state index contributed by atoms with van der Waals surface area (Å²) in [5.74, 6) is 0. The molecule has 21 heterocycles. The molecule has 21 fully saturated rings. The Labute approximate surface area is 773 Å². The molecule has 35 atom stereocenters. The first kappa shape index (κ1) is 101. The molecule has 0 unspecified atom stereocenters. The number of azide groups is 1. The Bertz CT molecular complexity index is 4500. The normalized spacial score (nSPS) is 36.6. The molecule has 38 nitrogen and oxygen atoms in total. The molecular weight excluding hydrogens is 1760 g/mol. The molecule has 0 radical (unpaired) electrons. The Hall–Kier alpha value is -7.55. The van der Waals surface area contributed by atoms with Gasteiger partial charge in [0.05, 0.1) is 92.5 Å². The highest BCUT2D eigenvalue weighted by atomic mass is 16.8. The van der Waals surface area contributed by atoms with Gasteiger partial charge in [-0.25, -0.2) is 0 Å². The van der Waals surface area contributed by atoms with Crippen LogP contribution in [0.25, 0.3) is 10.4 Å². The second kappa shape index (κ2) is 50.3. The summed E-state index contributed by atoms with van der Waals surface area (Å²) < 4.78 is 148. The number of rotatable bonds is 35. The maximum atomic E-state index is 13.5. The molecule has 14 bridgehead atoms. The van der Waals surface area contributed by atoms with Gasteiger partial charge in [0.25, 0.3) is 0 Å². The van der Waals surface area contributed by atoms with E-state index in [1.165, 1.54) is 0 Å². The first-order chi connectivity index (χ1) is 65.5. The summed E-state index contributed by atoms with van der Waals surface area (Å²) in [6.45, 7) is -7.60. The lowest BCUT2D eigenvalue weighted by Gasteiger charge is -2.51. The average Bonchev–Trinajstić information content (AvgIpc) is 0.776. The van der Waals surface area contributed by atoms with Gasteiger partial charge in [-0.05, 0) is 57.3 Å². The second-order valence-corrected chi connectivity index (χ2v) is 34.0. The van der Waals surface area contributed by atoms with Crippen molar-refractivity contribution in [3.63, 3.8) is 0 Å². The Morgan fingerprint density at radius 1 is 0.239 bits per heavy atom. The van der Waals surface area contributed by atoms with Gasteiger partial charge in [0.2, 0.25) is 0 Å². The van der Waals surface area contributed by atoms with Crippen molar-refractivity contribution in [2.24, 2.45) is 5.11 Å². The SMILES string of the molecule is [N-]=[N+]=NCCCCCOC[C@H]1O[C@@H]2O[C@H]3[C@H](O)[C@@H](OCc4ccccc4)[C@@H](O[C@H]4[C@H](O)[C@@H](OCc5ccccc5)[C@@H](O[C@H]5[C@H](O)[C@@H](OCc6ccccc6)[C@@H](O[C@H]6[C@H](O)[C@@H](OCc7ccccc7)[C@@H](O[C@H]7[C@H](O)[C@@H](OCc8ccccc8)[C@@H](O[C@H]8[C@H](O)[C@@H](OCc9ccccc9)[C@@H](O[C@H]1[C@H](O)[C@H]2OCc1ccccc1)O[C@@H]8CO)O[C@@H]7CO)O[C@@H]6CO)O[C@@H]5CO)O[C@@H]4CO)O[C@@H]3CO. The van der Waals surface area contributed by atoms with Crippen LogP contribution in [0, 0.1) is 0 Å². The quantitative estimate of drug-likeness (QED) is 0.0118. The number of unbranched alkanes of at least 4 members (excludes halogenated alkanes) is 2. The van der Waals surface area contributed by atoms with Crippen LogP contribution in [0.15, 0.2) is 217 Å². The van der Waals surface area contributed by atoms with E-state index in [4.69, 9.17) is 110 Å². The summed E-state index contributed by atoms with van der Waals surface area (Å²) in [7, 11) is 0. The van der Waals surface area contributed by atoms with Crippen molar-refractivity contribution in [3.05, 3.63) is 262 Å². The van der Waals surface area contributed by atoms with Gasteiger partial charge >= 0.3 is 0 Å². The van der Waals surface area contributed by atoms with Crippen LogP contribution in [-0.4, -0.2) is 341 Å². The smallest absolute Gasteiger partial charge is 0.187 e. The maximum Gasteiger partial charge on any atom is 0.187 e. The van der Waals surface area contributed by atoms with Gasteiger partial charge in [-0.15, -0.1) is 0 Å². The van der Waals surface area contributed by atoms with E-state index in [2.05, 4.69) is 10.0 Å². The molecule has 0 spiro atoms. The first-order valence-electron chi connectivity index (χ1n) is 45.3. The molecule has 7 aromatic carbocycles. The van der Waals surface area contributed by atoms with Gasteiger partial charge in [-0.1, -0.05) is 224 Å². The topological polar surface area (TPSA) is 515 Å². The summed E-state index contributed by atoms with van der Waals surface area (Å²) in [5.41, 5.74) is 13.1. The van der Waals surface area contributed by atoms with E-state index in [-0.39, 0.29) is 59.4 Å². The van der Waals surface area contributed by atoms with Gasteiger partial charge < -0.3 is 171 Å². The summed E-state index contributed by atoms with van der Waals surface area (Å²) in [6.07, 6.45) is -60.4. The average molecular weight is 1880 g/mol. The van der Waals surface area contributed by atoms with Crippen LogP contribution in [-0.2, 0) is 150 Å². The van der Waals surface area contributed by atoms with Crippen molar-refractivity contribution in [2.75, 3.05) is 59.4 Å². The lowest BCUT2D eigenvalue weighted by atomic mass is 9.94. The van der Waals surface area contributed by atoms with Crippen LogP contribution in [0.4, 0.5) is 0 Å². The van der Waals surface area contributed by atoms with Crippen molar-refractivity contribution in [1.82, 2.24) is 0 Å². The molecule has 0 amide bonds. The molecule has 21 saturated heterocycles. The van der Waals surface area contributed by atoms with Gasteiger partial charge in [0, 0.05) is 18.1 Å². The highest BCUT2D eigenvalue weighted by molar-refractivity contribution is 5.20. The molecule has 38 heteroatoms. The number of nitrogens with zero attached hydrogens (tertiary/aromatic N) is 3. The molecule has 28 rings (SSSR count). The highest BCUT2D eigenvalue weighted by Gasteiger charge is 2.62. The number of aliphatic hydroxyl groups excluding tert-OH is 13. The lowest BCUT2D eigenvalue weighted by molar-refractivity contribution is -0.403. The molecule has 13 N–H and O–H groups in total. The van der Waals surface area contributed by atoms with E-state index in [1.54, 1.807) is 212 Å². The molecule has 21 aliphatic heterocycles. The fraction of sp³-hybridized carbons (Fsp3) is 0.562. The minimum absolute atomic E-state index is 0.0638. The number of hydrogen-bond acceptors (Lipinski definition) is 36. The van der Waals surface area contributed by atoms with Crippen LogP contribution >= 0.6 is 0 Å². The van der Waals surface area contributed by atoms with E-state index in [0.717, 1.165) is 0 Å². The zero-order chi connectivity index (χ0) is 93.4. The predicted molar refractivity (Wildman–Crippen MR) is 463 cm³/mol. The lowest BCUT2D eigenvalue weighted by Crippen LogP contribution is -2.69. The number of benzene rings is 7. The minimum Gasteiger partial charge on any atom is -0.394 e. The van der Waals surface area contributed by atoms with Crippen molar-refractivity contribution >= 4 is 0 Å². The second-order valence-electron chi connectivity index (χ2n) is 34.0. The van der Waals surface area contributed by atoms with Crippen molar-refractivity contribution in [2.45, 2.75) is 280 Å². The largest absolute Gasteiger partial charge is 0.394 e. The van der Waals surface area contributed by atoms with Crippen LogP contribution in [0.3, 0.4) is 0 Å². The highest BCUT2D eigenvalue weighted by Crippen LogP contribution is 2.43. The number of hydrogen-bond donors (Lipinski definition) is 13. The molecule has 21 aliphatic rings. The van der Waals surface area contributed by atoms with Crippen molar-refractivity contribution < 1.29 is 171 Å². The minimum atomic E-state index is -1.96. The Morgan fingerprint density at radius 2 is 0.418 bits per heavy atom. The third-order valence-corrected chi connectivity index (χ3v) is 24.8. The Morgan fingerprint density at radius 3 is 0.597 bits per heavy atom. The zero-order valence-electron chi connectivity index (χ0n) is 73.5. The maximum absolute atomic E-state index is 13.5. The van der Waals surface area contributed by atoms with E-state index in [1.807, 2.05) is 0 Å². The summed E-state index contributed by atoms with van der Waals surface area (Å²) >= 11 is 0. The predicted octanol–water partition coefficient (Wildman–Crippen LogP) is 2.85. The molecule has 730 valence electrons. The fourth-order valence-electron chi connectivity index (χ4n) is 17.7. The first-order valence-corrected chi connectivity index (χ1v) is 45.3. The summed E-state index contributed by atoms with van der Waals surface area (Å²) in [4.78, 5) is 2.86. The van der Waals surface area contributed by atoms with E-state index in [9.17, 15) is 66.4 Å². The van der Waals surface area contributed by atoms with Crippen molar-refractivity contribution in [3.8, 4) is 0 Å². The fourth-order valence-corrected chi connectivity index (χ4v) is 17.7. The van der Waals surface area contributed by atoms with Crippen LogP contribution in [0.1, 0.15) is 58.2 Å². The standard InChI is InChI=1S/C96H121N3O35/c97-99-98-39-23-8-24-40-113-54-68-82-75(112)89(120-53-61-37-21-7-22-38-61)96(127-68)133-81-67(46-105)125-94(87(74(81)111)118-51-59-33-17-5-18-34-59)131-79-65(44-103)123-92(85(72(79)109)116-49-57-29-13-3-14-30-57)129-77-63(42-101)121-90(83(70(77)107)114-47-55-25-9-1-10-26-55)128-76-62(41-100)122-91(84(69(76)106)115-48-56-27-11-2-12-28-56)130-78-64(43-102)124-93(86(71(78)108)117-50-58-31-15-4-16-32-58)132-80-66(45-104)126-95(134-82)88(73(80)110)119-52-60-35-19-6-20-36-60/h1-7,9-22,25-38,62-96,100-112H,8,23-24,39-54H2/t62-,63-,64-,65-,66-,67-,68-,69+,70+,71+,72+,73+,74+,75+,76-,77-,78-,79-,80-,81-,82-,83-,84-,85-,86-,87-,88-,89-,90-,91-,92-,93-,94-,95-,96-/m1/s1. The Kier molecular flexibility index (Phi) is 37.9. The van der Waals surface area contributed by atoms with Gasteiger partial charge in [0.15, 0.2) is 44.0 Å². The van der Waals surface area contributed by atoms with Crippen LogP contribution in [0.5, 0.6) is 0 Å². The third-order valence-electron chi connectivity index (χ3n) is 24.8. The summed E-state index contributed by atoms with van der Waals surface area (Å²) in [6, 6.07) is 61.5. The van der Waals surface area contributed by atoms with E-state index >= 15 is 0 Å². The summed E-state index contributed by atoms with van der Waals surface area (Å²) in [5, 5.41) is 166. The zero-order valence-corrected chi connectivity index (χ0v) is 73.5. The molecule has 0 saturated carbocycles. The number of aliphatic hydroxyl groups is 13. The molecule has 7 aromatic rings. The molecule has 134 heavy (non-hydrogen) atoms. The van der Waals surface area contributed by atoms with Crippen LogP contribution in [0.2, 0.25) is 0 Å². The van der Waals surface area contributed by atoms with Crippen LogP contribution < -0.4 is 0 Å². The number of ether oxygens (including phenoxy) is 22. The van der Waals surface area contributed by atoms with Gasteiger partial charge in [-0.2, -0.15) is 0 Å². The molecule has 0 aliphatic carbocycles. The van der Waals surface area contributed by atoms with E-state index < -0.39 is 261 Å². The monoisotopic (exact) mass is 1880 g/mol.